The molecule has 0 saturated carbocycles. The van der Waals surface area contributed by atoms with Gasteiger partial charge in [0.1, 0.15) is 54.4 Å². The summed E-state index contributed by atoms with van der Waals surface area (Å²) in [5.74, 6) is -10.7. The molecule has 1 rings (SSSR count). The third-order valence-electron chi connectivity index (χ3n) is 13.1. The van der Waals surface area contributed by atoms with Crippen molar-refractivity contribution in [3.63, 3.8) is 0 Å². The van der Waals surface area contributed by atoms with Gasteiger partial charge in [-0.25, -0.2) is 9.78 Å². The molecule has 1 aromatic rings. The van der Waals surface area contributed by atoms with Gasteiger partial charge < -0.3 is 91.1 Å². The van der Waals surface area contributed by atoms with Crippen LogP contribution in [0.4, 0.5) is 0 Å². The van der Waals surface area contributed by atoms with Gasteiger partial charge in [0.25, 0.3) is 0 Å². The summed E-state index contributed by atoms with van der Waals surface area (Å²) in [5, 5.41) is 54.4. The van der Waals surface area contributed by atoms with E-state index in [2.05, 4.69) is 57.8 Å². The monoisotopic (exact) mass is 1200 g/mol. The van der Waals surface area contributed by atoms with Crippen LogP contribution in [0, 0.1) is 17.8 Å². The van der Waals surface area contributed by atoms with Crippen LogP contribution < -0.4 is 70.8 Å². The number of hydrogen-bond acceptors (Lipinski definition) is 18. The highest BCUT2D eigenvalue weighted by molar-refractivity contribution is 7.98. The largest absolute Gasteiger partial charge is 0.480 e. The maximum atomic E-state index is 14.2. The van der Waals surface area contributed by atoms with Crippen LogP contribution in [-0.4, -0.2) is 188 Å². The minimum absolute atomic E-state index is 0.00333. The van der Waals surface area contributed by atoms with Gasteiger partial charge in [0, 0.05) is 24.7 Å². The molecule has 0 fully saturated rings. The number of aromatic nitrogens is 2. The summed E-state index contributed by atoms with van der Waals surface area (Å²) in [6.45, 7) is 13.2. The van der Waals surface area contributed by atoms with Crippen LogP contribution in [-0.2, 0) is 59.2 Å². The SMILES string of the molecule is CSCC[C@H](NC(=O)[C@@H](NC(=O)[C@@H](NC(=O)[C@@H](NC(=O)[C@H](CCCCN)NC(=O)[C@H](CCCCN)NC(=O)[C@H](CC(C)C)NC(=O)[C@@H](N)Cc1cnc[nH]1)[C@@H](C)O)C(C)C)[C@@H](C)O)C(=O)N[C@@H](CC(C)C)C(=O)N[C@@H](CCC(N)=O)C(=O)O. The number of nitrogens with two attached hydrogens (primary N) is 4. The molecule has 30 heteroatoms. The fraction of sp³-hybridized carbons (Fsp3) is 0.736. The standard InChI is InChI=1S/C53H95N15O14S/c1-27(2)22-38(64-44(72)33(56)24-32-25-58-26-59-32)48(76)61-34(14-10-12-19-54)45(73)60-35(15-11-13-20-55)47(75)67-43(31(8)70)52(80)66-41(29(5)6)50(78)68-42(30(7)69)51(79)62-36(18-21-83-9)46(74)65-39(23-28(3)4)49(77)63-37(53(81)82)16-17-40(57)71/h25-31,33-39,41-43,69-70H,10-24,54-56H2,1-9H3,(H2,57,71)(H,58,59)(H,60,73)(H,61,76)(H,62,79)(H,63,77)(H,64,72)(H,65,74)(H,66,80)(H,67,75)(H,68,78)(H,81,82)/t30-,31-,33+,34+,35+,36+,37+,38+,39+,41+,42+,43+/m1/s1. The normalized spacial score (nSPS) is 15.8. The van der Waals surface area contributed by atoms with Crippen molar-refractivity contribution in [3.8, 4) is 0 Å². The number of aliphatic carboxylic acids is 1. The third-order valence-corrected chi connectivity index (χ3v) is 13.7. The number of aromatic amines is 1. The number of thioether (sulfide) groups is 1. The lowest BCUT2D eigenvalue weighted by Gasteiger charge is -2.30. The fourth-order valence-corrected chi connectivity index (χ4v) is 8.89. The number of rotatable bonds is 42. The van der Waals surface area contributed by atoms with Crippen LogP contribution in [0.1, 0.15) is 132 Å². The molecule has 0 bridgehead atoms. The van der Waals surface area contributed by atoms with E-state index in [4.69, 9.17) is 22.9 Å². The average Bonchev–Trinajstić information content (AvgIpc) is 3.95. The number of hydrogen-bond donors (Lipinski definition) is 17. The maximum Gasteiger partial charge on any atom is 0.326 e. The van der Waals surface area contributed by atoms with Crippen molar-refractivity contribution in [2.24, 2.45) is 40.7 Å². The summed E-state index contributed by atoms with van der Waals surface area (Å²) in [6, 6.07) is -13.9. The Bertz CT molecular complexity index is 2240. The molecule has 1 aromatic heterocycles. The Kier molecular flexibility index (Phi) is 35.2. The molecule has 83 heavy (non-hydrogen) atoms. The molecule has 0 aliphatic carbocycles. The first-order chi connectivity index (χ1) is 39.0. The molecule has 472 valence electrons. The minimum Gasteiger partial charge on any atom is -0.480 e. The Hall–Kier alpha value is -6.47. The Labute approximate surface area is 490 Å². The van der Waals surface area contributed by atoms with Crippen LogP contribution in [0.15, 0.2) is 12.5 Å². The molecule has 0 aliphatic heterocycles. The Morgan fingerprint density at radius 2 is 0.916 bits per heavy atom. The number of carbonyl (C=O) groups excluding carboxylic acids is 10. The number of carbonyl (C=O) groups is 11. The Morgan fingerprint density at radius 3 is 1.33 bits per heavy atom. The van der Waals surface area contributed by atoms with E-state index in [1.165, 1.54) is 38.1 Å². The number of aliphatic hydroxyl groups is 2. The summed E-state index contributed by atoms with van der Waals surface area (Å²) < 4.78 is 0. The Balaban J connectivity index is 3.41. The summed E-state index contributed by atoms with van der Waals surface area (Å²) in [7, 11) is 0. The summed E-state index contributed by atoms with van der Waals surface area (Å²) in [6.07, 6.45) is 2.83. The predicted molar refractivity (Wildman–Crippen MR) is 310 cm³/mol. The second kappa shape index (κ2) is 39.1. The van der Waals surface area contributed by atoms with Crippen LogP contribution in [0.2, 0.25) is 0 Å². The van der Waals surface area contributed by atoms with Gasteiger partial charge in [-0.3, -0.25) is 47.9 Å². The highest BCUT2D eigenvalue weighted by atomic mass is 32.2. The molecule has 0 saturated heterocycles. The van der Waals surface area contributed by atoms with E-state index in [1.807, 2.05) is 13.8 Å². The van der Waals surface area contributed by atoms with E-state index < -0.39 is 144 Å². The number of aliphatic hydroxyl groups excluding tert-OH is 2. The predicted octanol–water partition coefficient (Wildman–Crippen LogP) is -3.49. The first kappa shape index (κ1) is 74.5. The van der Waals surface area contributed by atoms with E-state index in [9.17, 15) is 68.1 Å². The van der Waals surface area contributed by atoms with E-state index in [0.29, 0.717) is 37.1 Å². The third kappa shape index (κ3) is 28.6. The number of H-pyrrole nitrogens is 1. The molecule has 0 radical (unpaired) electrons. The smallest absolute Gasteiger partial charge is 0.326 e. The Morgan fingerprint density at radius 1 is 0.530 bits per heavy atom. The molecule has 0 aromatic carbocycles. The van der Waals surface area contributed by atoms with Gasteiger partial charge in [0.05, 0.1) is 24.6 Å². The molecular formula is C53H95N15O14S. The zero-order valence-corrected chi connectivity index (χ0v) is 50.2. The zero-order chi connectivity index (χ0) is 63.1. The molecule has 0 spiro atoms. The van der Waals surface area contributed by atoms with Crippen molar-refractivity contribution >= 4 is 76.8 Å². The van der Waals surface area contributed by atoms with Gasteiger partial charge in [0.2, 0.25) is 59.1 Å². The van der Waals surface area contributed by atoms with E-state index in [1.54, 1.807) is 34.0 Å². The van der Waals surface area contributed by atoms with Crippen molar-refractivity contribution in [1.82, 2.24) is 57.8 Å². The molecule has 1 heterocycles. The zero-order valence-electron chi connectivity index (χ0n) is 49.4. The second-order valence-electron chi connectivity index (χ2n) is 21.9. The molecule has 12 atom stereocenters. The van der Waals surface area contributed by atoms with Gasteiger partial charge in [-0.15, -0.1) is 0 Å². The lowest BCUT2D eigenvalue weighted by Crippen LogP contribution is -2.63. The van der Waals surface area contributed by atoms with E-state index in [-0.39, 0.29) is 76.3 Å². The van der Waals surface area contributed by atoms with Crippen molar-refractivity contribution in [2.75, 3.05) is 25.1 Å². The van der Waals surface area contributed by atoms with Gasteiger partial charge in [-0.1, -0.05) is 41.5 Å². The first-order valence-corrected chi connectivity index (χ1v) is 29.6. The highest BCUT2D eigenvalue weighted by Crippen LogP contribution is 2.14. The molecule has 29 nitrogen and oxygen atoms in total. The molecule has 0 unspecified atom stereocenters. The van der Waals surface area contributed by atoms with Crippen LogP contribution in [0.25, 0.3) is 0 Å². The number of nitrogens with zero attached hydrogens (tertiary/aromatic N) is 1. The average molecular weight is 1200 g/mol. The number of nitrogens with one attached hydrogen (secondary N) is 10. The van der Waals surface area contributed by atoms with Gasteiger partial charge >= 0.3 is 5.97 Å². The van der Waals surface area contributed by atoms with E-state index >= 15 is 0 Å². The van der Waals surface area contributed by atoms with Crippen LogP contribution >= 0.6 is 11.8 Å². The summed E-state index contributed by atoms with van der Waals surface area (Å²) >= 11 is 1.32. The number of carboxylic acids is 1. The summed E-state index contributed by atoms with van der Waals surface area (Å²) in [5.41, 5.74) is 23.4. The topological polar surface area (TPSA) is 489 Å². The number of unbranched alkanes of at least 4 members (excludes halogenated alkanes) is 2. The van der Waals surface area contributed by atoms with Crippen molar-refractivity contribution < 1.29 is 68.1 Å². The molecule has 10 amide bonds. The van der Waals surface area contributed by atoms with Crippen molar-refractivity contribution in [3.05, 3.63) is 18.2 Å². The molecule has 21 N–H and O–H groups in total. The number of imidazole rings is 1. The van der Waals surface area contributed by atoms with Gasteiger partial charge in [0.15, 0.2) is 0 Å². The van der Waals surface area contributed by atoms with Crippen molar-refractivity contribution in [1.29, 1.82) is 0 Å². The summed E-state index contributed by atoms with van der Waals surface area (Å²) in [4.78, 5) is 155. The fourth-order valence-electron chi connectivity index (χ4n) is 8.42. The first-order valence-electron chi connectivity index (χ1n) is 28.2. The van der Waals surface area contributed by atoms with Crippen molar-refractivity contribution in [2.45, 2.75) is 205 Å². The van der Waals surface area contributed by atoms with Crippen LogP contribution in [0.3, 0.4) is 0 Å². The maximum absolute atomic E-state index is 14.2. The van der Waals surface area contributed by atoms with E-state index in [0.717, 1.165) is 0 Å². The number of carboxylic acid groups (broad SMARTS) is 1. The molecular weight excluding hydrogens is 1100 g/mol. The molecule has 0 aliphatic rings. The lowest BCUT2D eigenvalue weighted by atomic mass is 10.00. The highest BCUT2D eigenvalue weighted by Gasteiger charge is 2.38. The second-order valence-corrected chi connectivity index (χ2v) is 22.9. The van der Waals surface area contributed by atoms with Crippen LogP contribution in [0.5, 0.6) is 0 Å². The van der Waals surface area contributed by atoms with Gasteiger partial charge in [-0.05, 0) is 121 Å². The van der Waals surface area contributed by atoms with Gasteiger partial charge in [-0.2, -0.15) is 11.8 Å². The minimum atomic E-state index is -1.75. The quantitative estimate of drug-likeness (QED) is 0.0283. The number of amides is 10. The number of primary amides is 1. The lowest BCUT2D eigenvalue weighted by molar-refractivity contribution is -0.143.